The number of halogens is 2. The number of rotatable bonds is 4. The highest BCUT2D eigenvalue weighted by Gasteiger charge is 2.08. The summed E-state index contributed by atoms with van der Waals surface area (Å²) in [4.78, 5) is 9.57. The summed E-state index contributed by atoms with van der Waals surface area (Å²) < 4.78 is 0. The Morgan fingerprint density at radius 3 is 2.86 bits per heavy atom. The zero-order valence-corrected chi connectivity index (χ0v) is 9.26. The topological polar surface area (TPSA) is 49.2 Å². The van der Waals surface area contributed by atoms with Gasteiger partial charge in [0.05, 0.1) is 6.20 Å². The third kappa shape index (κ3) is 2.97. The molecule has 0 aromatic carbocycles. The molecular weight excluding hydrogens is 225 g/mol. The number of nitrogens with zero attached hydrogens (tertiary/aromatic N) is 3. The van der Waals surface area contributed by atoms with Crippen LogP contribution in [0.25, 0.3) is 0 Å². The van der Waals surface area contributed by atoms with Crippen molar-refractivity contribution in [3.63, 3.8) is 0 Å². The molecule has 0 amide bonds. The highest BCUT2D eigenvalue weighted by atomic mass is 35.5. The Hall–Kier alpha value is -0.580. The highest BCUT2D eigenvalue weighted by Crippen LogP contribution is 2.22. The summed E-state index contributed by atoms with van der Waals surface area (Å²) in [5.74, 6) is 0.583. The van der Waals surface area contributed by atoms with E-state index in [-0.39, 0.29) is 11.9 Å². The summed E-state index contributed by atoms with van der Waals surface area (Å²) in [6.45, 7) is 0.810. The van der Waals surface area contributed by atoms with Gasteiger partial charge in [0.1, 0.15) is 5.02 Å². The minimum Gasteiger partial charge on any atom is -0.396 e. The lowest BCUT2D eigenvalue weighted by atomic mass is 10.4. The second-order valence-electron chi connectivity index (χ2n) is 2.81. The molecule has 1 heterocycles. The maximum absolute atomic E-state index is 8.67. The van der Waals surface area contributed by atoms with Gasteiger partial charge in [-0.05, 0) is 18.0 Å². The lowest BCUT2D eigenvalue weighted by molar-refractivity contribution is 0.290. The van der Waals surface area contributed by atoms with Crippen molar-refractivity contribution >= 4 is 29.0 Å². The molecule has 0 saturated heterocycles. The van der Waals surface area contributed by atoms with Gasteiger partial charge >= 0.3 is 0 Å². The standard InChI is InChI=1S/C8H11Cl2N3O/c1-13(3-2-4-14)7-6(9)5-11-8(10)12-7/h5,14H,2-4H2,1H3. The van der Waals surface area contributed by atoms with Crippen LogP contribution in [0, 0.1) is 0 Å². The Kier molecular flexibility index (Phi) is 4.38. The van der Waals surface area contributed by atoms with Crippen LogP contribution in [0.1, 0.15) is 6.42 Å². The molecule has 1 N–H and O–H groups in total. The Bertz CT molecular complexity index is 309. The van der Waals surface area contributed by atoms with Gasteiger partial charge in [0, 0.05) is 20.2 Å². The summed E-state index contributed by atoms with van der Waals surface area (Å²) in [5.41, 5.74) is 0. The third-order valence-corrected chi connectivity index (χ3v) is 2.16. The summed E-state index contributed by atoms with van der Waals surface area (Å²) in [7, 11) is 1.83. The van der Waals surface area contributed by atoms with E-state index in [1.54, 1.807) is 0 Å². The lowest BCUT2D eigenvalue weighted by Crippen LogP contribution is -2.21. The summed E-state index contributed by atoms with van der Waals surface area (Å²) in [6, 6.07) is 0. The van der Waals surface area contributed by atoms with E-state index < -0.39 is 0 Å². The molecule has 0 unspecified atom stereocenters. The first-order valence-electron chi connectivity index (χ1n) is 4.15. The van der Waals surface area contributed by atoms with Gasteiger partial charge in [-0.15, -0.1) is 0 Å². The average Bonchev–Trinajstić information content (AvgIpc) is 2.18. The molecule has 0 radical (unpaired) electrons. The zero-order chi connectivity index (χ0) is 10.6. The Labute approximate surface area is 92.5 Å². The quantitative estimate of drug-likeness (QED) is 0.806. The first-order chi connectivity index (χ1) is 6.65. The molecule has 6 heteroatoms. The van der Waals surface area contributed by atoms with E-state index >= 15 is 0 Å². The van der Waals surface area contributed by atoms with Gasteiger partial charge < -0.3 is 10.0 Å². The fraction of sp³-hybridized carbons (Fsp3) is 0.500. The molecule has 14 heavy (non-hydrogen) atoms. The van der Waals surface area contributed by atoms with Gasteiger partial charge in [-0.1, -0.05) is 11.6 Å². The Balaban J connectivity index is 2.77. The molecule has 0 fully saturated rings. The van der Waals surface area contributed by atoms with Gasteiger partial charge in [0.2, 0.25) is 5.28 Å². The first-order valence-corrected chi connectivity index (χ1v) is 4.90. The largest absolute Gasteiger partial charge is 0.396 e. The summed E-state index contributed by atoms with van der Waals surface area (Å²) in [5, 5.41) is 9.29. The molecule has 1 aromatic heterocycles. The Morgan fingerprint density at radius 1 is 1.50 bits per heavy atom. The smallest absolute Gasteiger partial charge is 0.224 e. The van der Waals surface area contributed by atoms with Crippen molar-refractivity contribution in [3.8, 4) is 0 Å². The van der Waals surface area contributed by atoms with Crippen LogP contribution < -0.4 is 4.90 Å². The maximum Gasteiger partial charge on any atom is 0.224 e. The molecule has 0 spiro atoms. The minimum absolute atomic E-state index is 0.140. The van der Waals surface area contributed by atoms with Gasteiger partial charge in [0.15, 0.2) is 5.82 Å². The fourth-order valence-electron chi connectivity index (χ4n) is 1.02. The number of hydrogen-bond donors (Lipinski definition) is 1. The molecule has 0 aliphatic carbocycles. The van der Waals surface area contributed by atoms with Crippen LogP contribution in [0.15, 0.2) is 6.20 Å². The van der Waals surface area contributed by atoms with E-state index in [9.17, 15) is 0 Å². The minimum atomic E-state index is 0.140. The van der Waals surface area contributed by atoms with Crippen molar-refractivity contribution in [1.29, 1.82) is 0 Å². The number of anilines is 1. The predicted octanol–water partition coefficient (Wildman–Crippen LogP) is 1.60. The Morgan fingerprint density at radius 2 is 2.21 bits per heavy atom. The lowest BCUT2D eigenvalue weighted by Gasteiger charge is -2.18. The number of hydrogen-bond acceptors (Lipinski definition) is 4. The van der Waals surface area contributed by atoms with Crippen molar-refractivity contribution < 1.29 is 5.11 Å². The van der Waals surface area contributed by atoms with Crippen molar-refractivity contribution in [2.75, 3.05) is 25.1 Å². The first kappa shape index (κ1) is 11.5. The molecule has 78 valence electrons. The molecule has 0 aliphatic rings. The molecule has 0 saturated carbocycles. The monoisotopic (exact) mass is 235 g/mol. The number of aliphatic hydroxyl groups excluding tert-OH is 1. The molecular formula is C8H11Cl2N3O. The highest BCUT2D eigenvalue weighted by molar-refractivity contribution is 6.33. The fourth-order valence-corrected chi connectivity index (χ4v) is 1.38. The van der Waals surface area contributed by atoms with Crippen LogP contribution in [0.3, 0.4) is 0 Å². The molecule has 0 bridgehead atoms. The van der Waals surface area contributed by atoms with Crippen molar-refractivity contribution in [2.45, 2.75) is 6.42 Å². The second-order valence-corrected chi connectivity index (χ2v) is 3.55. The van der Waals surface area contributed by atoms with Crippen molar-refractivity contribution in [2.24, 2.45) is 0 Å². The van der Waals surface area contributed by atoms with E-state index in [4.69, 9.17) is 28.3 Å². The van der Waals surface area contributed by atoms with Crippen LogP contribution in [0.5, 0.6) is 0 Å². The summed E-state index contributed by atoms with van der Waals surface area (Å²) >= 11 is 11.5. The predicted molar refractivity (Wildman–Crippen MR) is 57.0 cm³/mol. The van der Waals surface area contributed by atoms with Crippen molar-refractivity contribution in [1.82, 2.24) is 9.97 Å². The average molecular weight is 236 g/mol. The third-order valence-electron chi connectivity index (χ3n) is 1.71. The molecule has 0 aliphatic heterocycles. The van der Waals surface area contributed by atoms with Crippen LogP contribution in [-0.2, 0) is 0 Å². The molecule has 1 aromatic rings. The van der Waals surface area contributed by atoms with E-state index in [0.29, 0.717) is 23.8 Å². The molecule has 0 atom stereocenters. The SMILES string of the molecule is CN(CCCO)c1nc(Cl)ncc1Cl. The van der Waals surface area contributed by atoms with Crippen LogP contribution >= 0.6 is 23.2 Å². The second kappa shape index (κ2) is 5.34. The summed E-state index contributed by atoms with van der Waals surface area (Å²) in [6.07, 6.45) is 2.12. The van der Waals surface area contributed by atoms with E-state index in [2.05, 4.69) is 9.97 Å². The van der Waals surface area contributed by atoms with Crippen molar-refractivity contribution in [3.05, 3.63) is 16.5 Å². The van der Waals surface area contributed by atoms with Crippen LogP contribution in [0.2, 0.25) is 10.3 Å². The van der Waals surface area contributed by atoms with E-state index in [1.165, 1.54) is 6.20 Å². The van der Waals surface area contributed by atoms with E-state index in [0.717, 1.165) is 0 Å². The molecule has 1 rings (SSSR count). The van der Waals surface area contributed by atoms with Gasteiger partial charge in [-0.25, -0.2) is 4.98 Å². The van der Waals surface area contributed by atoms with Gasteiger partial charge in [-0.2, -0.15) is 4.98 Å². The number of aliphatic hydroxyl groups is 1. The zero-order valence-electron chi connectivity index (χ0n) is 7.74. The number of aromatic nitrogens is 2. The van der Waals surface area contributed by atoms with E-state index in [1.807, 2.05) is 11.9 Å². The maximum atomic E-state index is 8.67. The van der Waals surface area contributed by atoms with Gasteiger partial charge in [0.25, 0.3) is 0 Å². The van der Waals surface area contributed by atoms with Crippen LogP contribution in [-0.4, -0.2) is 35.3 Å². The molecule has 4 nitrogen and oxygen atoms in total. The normalized spacial score (nSPS) is 10.3. The van der Waals surface area contributed by atoms with Crippen LogP contribution in [0.4, 0.5) is 5.82 Å². The van der Waals surface area contributed by atoms with Gasteiger partial charge in [-0.3, -0.25) is 0 Å².